The highest BCUT2D eigenvalue weighted by molar-refractivity contribution is 5.19. The van der Waals surface area contributed by atoms with Crippen molar-refractivity contribution in [3.8, 4) is 0 Å². The molecule has 2 atom stereocenters. The van der Waals surface area contributed by atoms with Crippen LogP contribution in [-0.4, -0.2) is 21.5 Å². The zero-order chi connectivity index (χ0) is 10.7. The molecule has 1 aliphatic carbocycles. The van der Waals surface area contributed by atoms with Crippen molar-refractivity contribution in [2.24, 2.45) is 11.7 Å². The van der Waals surface area contributed by atoms with Crippen LogP contribution < -0.4 is 11.5 Å². The van der Waals surface area contributed by atoms with Crippen LogP contribution in [0.5, 0.6) is 0 Å². The smallest absolute Gasteiger partial charge is 0.165 e. The van der Waals surface area contributed by atoms with Crippen molar-refractivity contribution >= 4 is 5.82 Å². The van der Waals surface area contributed by atoms with Crippen molar-refractivity contribution in [1.82, 2.24) is 15.0 Å². The van der Waals surface area contributed by atoms with Crippen LogP contribution in [0.4, 0.5) is 5.82 Å². The summed E-state index contributed by atoms with van der Waals surface area (Å²) >= 11 is 0. The van der Waals surface area contributed by atoms with Gasteiger partial charge >= 0.3 is 0 Å². The lowest BCUT2D eigenvalue weighted by atomic mass is 9.83. The van der Waals surface area contributed by atoms with Gasteiger partial charge in [0.05, 0.1) is 12.2 Å². The third-order valence-corrected chi connectivity index (χ3v) is 3.23. The highest BCUT2D eigenvalue weighted by Crippen LogP contribution is 2.34. The molecule has 0 saturated heterocycles. The predicted octanol–water partition coefficient (Wildman–Crippen LogP) is 0.940. The highest BCUT2D eigenvalue weighted by Gasteiger charge is 2.27. The van der Waals surface area contributed by atoms with E-state index in [1.807, 2.05) is 0 Å². The molecule has 0 aliphatic heterocycles. The van der Waals surface area contributed by atoms with Gasteiger partial charge in [-0.2, -0.15) is 9.90 Å². The minimum Gasteiger partial charge on any atom is -0.381 e. The van der Waals surface area contributed by atoms with Gasteiger partial charge in [0.15, 0.2) is 5.82 Å². The van der Waals surface area contributed by atoms with E-state index in [4.69, 9.17) is 11.5 Å². The van der Waals surface area contributed by atoms with E-state index < -0.39 is 0 Å². The monoisotopic (exact) mass is 209 g/mol. The number of hydrogen-bond acceptors (Lipinski definition) is 4. The molecule has 1 fully saturated rings. The van der Waals surface area contributed by atoms with Gasteiger partial charge in [-0.25, -0.2) is 0 Å². The molecule has 0 amide bonds. The Morgan fingerprint density at radius 1 is 1.40 bits per heavy atom. The summed E-state index contributed by atoms with van der Waals surface area (Å²) in [6.07, 6.45) is 7.63. The molecule has 1 aromatic heterocycles. The van der Waals surface area contributed by atoms with E-state index in [9.17, 15) is 0 Å². The number of nitrogens with two attached hydrogens (primary N) is 2. The predicted molar refractivity (Wildman–Crippen MR) is 59.1 cm³/mol. The minimum absolute atomic E-state index is 0.402. The number of nitrogen functional groups attached to an aromatic ring is 1. The van der Waals surface area contributed by atoms with E-state index in [1.165, 1.54) is 19.3 Å². The number of rotatable bonds is 3. The summed E-state index contributed by atoms with van der Waals surface area (Å²) in [6, 6.07) is 0.402. The summed E-state index contributed by atoms with van der Waals surface area (Å²) in [5.41, 5.74) is 11.2. The van der Waals surface area contributed by atoms with Crippen LogP contribution in [0.3, 0.4) is 0 Å². The topological polar surface area (TPSA) is 82.8 Å². The molecule has 1 saturated carbocycles. The molecule has 5 nitrogen and oxygen atoms in total. The fourth-order valence-corrected chi connectivity index (χ4v) is 2.49. The van der Waals surface area contributed by atoms with Gasteiger partial charge in [-0.05, 0) is 31.7 Å². The molecule has 1 aromatic rings. The average Bonchev–Trinajstić information content (AvgIpc) is 2.66. The van der Waals surface area contributed by atoms with Gasteiger partial charge in [0.25, 0.3) is 0 Å². The molecule has 2 unspecified atom stereocenters. The molecule has 4 N–H and O–H groups in total. The Balaban J connectivity index is 2.10. The lowest BCUT2D eigenvalue weighted by molar-refractivity contribution is 0.197. The van der Waals surface area contributed by atoms with E-state index in [0.29, 0.717) is 17.8 Å². The third kappa shape index (κ3) is 2.28. The molecule has 5 heteroatoms. The van der Waals surface area contributed by atoms with Crippen molar-refractivity contribution < 1.29 is 0 Å². The van der Waals surface area contributed by atoms with Crippen LogP contribution in [0.15, 0.2) is 6.20 Å². The lowest BCUT2D eigenvalue weighted by Crippen LogP contribution is -2.27. The molecule has 0 spiro atoms. The number of anilines is 1. The van der Waals surface area contributed by atoms with Crippen LogP contribution in [0.1, 0.15) is 38.1 Å². The Labute approximate surface area is 89.8 Å². The highest BCUT2D eigenvalue weighted by atomic mass is 15.5. The first-order valence-electron chi connectivity index (χ1n) is 5.68. The fourth-order valence-electron chi connectivity index (χ4n) is 2.49. The van der Waals surface area contributed by atoms with Crippen molar-refractivity contribution in [3.05, 3.63) is 6.20 Å². The molecule has 1 aliphatic rings. The Bertz CT molecular complexity index is 307. The van der Waals surface area contributed by atoms with Gasteiger partial charge in [-0.1, -0.05) is 12.8 Å². The maximum atomic E-state index is 5.63. The molecule has 1 heterocycles. The summed E-state index contributed by atoms with van der Waals surface area (Å²) in [7, 11) is 0. The molecule has 2 rings (SSSR count). The quantitative estimate of drug-likeness (QED) is 0.776. The first kappa shape index (κ1) is 10.4. The normalized spacial score (nSPS) is 26.7. The second-order valence-corrected chi connectivity index (χ2v) is 4.28. The SMILES string of the molecule is NCCC1CCCCC1n1ncc(N)n1. The second-order valence-electron chi connectivity index (χ2n) is 4.28. The van der Waals surface area contributed by atoms with E-state index in [2.05, 4.69) is 10.2 Å². The Kier molecular flexibility index (Phi) is 3.20. The molecule has 15 heavy (non-hydrogen) atoms. The van der Waals surface area contributed by atoms with Crippen molar-refractivity contribution in [2.75, 3.05) is 12.3 Å². The van der Waals surface area contributed by atoms with Crippen LogP contribution in [0.2, 0.25) is 0 Å². The Morgan fingerprint density at radius 3 is 2.87 bits per heavy atom. The number of aromatic nitrogens is 3. The first-order chi connectivity index (χ1) is 7.31. The third-order valence-electron chi connectivity index (χ3n) is 3.23. The van der Waals surface area contributed by atoms with E-state index in [1.54, 1.807) is 11.0 Å². The van der Waals surface area contributed by atoms with Gasteiger partial charge in [0.2, 0.25) is 0 Å². The maximum Gasteiger partial charge on any atom is 0.165 e. The molecule has 0 aromatic carbocycles. The molecule has 84 valence electrons. The zero-order valence-corrected chi connectivity index (χ0v) is 8.97. The van der Waals surface area contributed by atoms with Gasteiger partial charge in [-0.15, -0.1) is 5.10 Å². The standard InChI is InChI=1S/C10H19N5/c11-6-5-8-3-1-2-4-9(8)15-13-7-10(12)14-15/h7-9H,1-6,11H2,(H2,12,14). The molecular formula is C10H19N5. The lowest BCUT2D eigenvalue weighted by Gasteiger charge is -2.30. The van der Waals surface area contributed by atoms with Crippen LogP contribution >= 0.6 is 0 Å². The van der Waals surface area contributed by atoms with Crippen LogP contribution in [0, 0.1) is 5.92 Å². The van der Waals surface area contributed by atoms with Crippen molar-refractivity contribution in [2.45, 2.75) is 38.1 Å². The summed E-state index contributed by atoms with van der Waals surface area (Å²) < 4.78 is 0. The Morgan fingerprint density at radius 2 is 2.20 bits per heavy atom. The van der Waals surface area contributed by atoms with Crippen LogP contribution in [-0.2, 0) is 0 Å². The van der Waals surface area contributed by atoms with Gasteiger partial charge in [0, 0.05) is 0 Å². The Hall–Kier alpha value is -1.10. The summed E-state index contributed by atoms with van der Waals surface area (Å²) in [5, 5.41) is 8.42. The summed E-state index contributed by atoms with van der Waals surface area (Å²) in [5.74, 6) is 1.13. The number of hydrogen-bond donors (Lipinski definition) is 2. The van der Waals surface area contributed by atoms with Gasteiger partial charge in [0.1, 0.15) is 0 Å². The van der Waals surface area contributed by atoms with Crippen molar-refractivity contribution in [3.63, 3.8) is 0 Å². The van der Waals surface area contributed by atoms with E-state index >= 15 is 0 Å². The minimum atomic E-state index is 0.402. The second kappa shape index (κ2) is 4.61. The van der Waals surface area contributed by atoms with Crippen molar-refractivity contribution in [1.29, 1.82) is 0 Å². The summed E-state index contributed by atoms with van der Waals surface area (Å²) in [4.78, 5) is 1.79. The maximum absolute atomic E-state index is 5.63. The van der Waals surface area contributed by atoms with Gasteiger partial charge < -0.3 is 11.5 Å². The number of nitrogens with zero attached hydrogens (tertiary/aromatic N) is 3. The van der Waals surface area contributed by atoms with Crippen LogP contribution in [0.25, 0.3) is 0 Å². The summed E-state index contributed by atoms with van der Waals surface area (Å²) in [6.45, 7) is 0.748. The first-order valence-corrected chi connectivity index (χ1v) is 5.68. The van der Waals surface area contributed by atoms with E-state index in [0.717, 1.165) is 19.4 Å². The van der Waals surface area contributed by atoms with Gasteiger partial charge in [-0.3, -0.25) is 0 Å². The largest absolute Gasteiger partial charge is 0.381 e. The fraction of sp³-hybridized carbons (Fsp3) is 0.800. The average molecular weight is 209 g/mol. The molecule has 0 bridgehead atoms. The molecular weight excluding hydrogens is 190 g/mol. The molecule has 0 radical (unpaired) electrons. The zero-order valence-electron chi connectivity index (χ0n) is 8.97. The van der Waals surface area contributed by atoms with E-state index in [-0.39, 0.29) is 0 Å².